The minimum atomic E-state index is 0.374. The molecule has 0 radical (unpaired) electrons. The van der Waals surface area contributed by atoms with Crippen LogP contribution in [0.2, 0.25) is 0 Å². The van der Waals surface area contributed by atoms with Gasteiger partial charge < -0.3 is 5.73 Å². The van der Waals surface area contributed by atoms with Gasteiger partial charge in [0.25, 0.3) is 0 Å². The smallest absolute Gasteiger partial charge is 0.205 e. The Hall–Kier alpha value is -4.37. The third-order valence-electron chi connectivity index (χ3n) is 6.26. The van der Waals surface area contributed by atoms with Crippen molar-refractivity contribution in [2.45, 2.75) is 13.3 Å². The van der Waals surface area contributed by atoms with E-state index in [-0.39, 0.29) is 0 Å². The van der Waals surface area contributed by atoms with Crippen molar-refractivity contribution in [1.29, 1.82) is 0 Å². The summed E-state index contributed by atoms with van der Waals surface area (Å²) in [6.07, 6.45) is 2.93. The van der Waals surface area contributed by atoms with Crippen LogP contribution >= 0.6 is 0 Å². The molecule has 0 saturated heterocycles. The van der Waals surface area contributed by atoms with E-state index in [1.54, 1.807) is 0 Å². The lowest BCUT2D eigenvalue weighted by atomic mass is 10.0. The standard InChI is InChI=1S/C31H27N3/c1-4-23(24-12-6-5-7-13-24)18-21(2)22(3)33-31(32)34-29-17-11-10-16-27(29)28-19-25-14-8-9-15-26(25)20-30(28)34/h5-20H,2-4H2,1H3,(H2,32,33)/b23-18+. The molecule has 0 aliphatic rings. The van der Waals surface area contributed by atoms with E-state index in [2.05, 4.69) is 86.8 Å². The number of allylic oxidation sites excluding steroid dienone is 2. The second-order valence-electron chi connectivity index (χ2n) is 8.40. The molecular weight excluding hydrogens is 414 g/mol. The van der Waals surface area contributed by atoms with Crippen molar-refractivity contribution in [1.82, 2.24) is 4.57 Å². The van der Waals surface area contributed by atoms with Crippen LogP contribution in [0, 0.1) is 0 Å². The summed E-state index contributed by atoms with van der Waals surface area (Å²) in [5, 5.41) is 4.65. The fraction of sp³-hybridized carbons (Fsp3) is 0.0645. The Morgan fingerprint density at radius 2 is 1.47 bits per heavy atom. The van der Waals surface area contributed by atoms with Crippen molar-refractivity contribution in [2.24, 2.45) is 10.7 Å². The third-order valence-corrected chi connectivity index (χ3v) is 6.26. The molecule has 3 heteroatoms. The molecule has 4 aromatic carbocycles. The van der Waals surface area contributed by atoms with E-state index in [1.165, 1.54) is 16.5 Å². The molecule has 1 heterocycles. The highest BCUT2D eigenvalue weighted by Gasteiger charge is 2.14. The van der Waals surface area contributed by atoms with Crippen LogP contribution in [0.5, 0.6) is 0 Å². The fourth-order valence-corrected chi connectivity index (χ4v) is 4.50. The van der Waals surface area contributed by atoms with Crippen molar-refractivity contribution in [3.05, 3.63) is 127 Å². The van der Waals surface area contributed by atoms with Crippen molar-refractivity contribution in [2.75, 3.05) is 0 Å². The van der Waals surface area contributed by atoms with Gasteiger partial charge in [0.05, 0.1) is 16.7 Å². The summed E-state index contributed by atoms with van der Waals surface area (Å²) in [6, 6.07) is 31.3. The molecule has 34 heavy (non-hydrogen) atoms. The molecule has 5 aromatic rings. The largest absolute Gasteiger partial charge is 0.369 e. The molecule has 3 nitrogen and oxygen atoms in total. The minimum Gasteiger partial charge on any atom is -0.369 e. The monoisotopic (exact) mass is 441 g/mol. The first kappa shape index (κ1) is 21.5. The van der Waals surface area contributed by atoms with E-state index < -0.39 is 0 Å². The maximum absolute atomic E-state index is 6.62. The van der Waals surface area contributed by atoms with Gasteiger partial charge in [0.2, 0.25) is 5.96 Å². The molecule has 5 rings (SSSR count). The number of fused-ring (bicyclic) bond motifs is 4. The van der Waals surface area contributed by atoms with Crippen LogP contribution in [0.15, 0.2) is 126 Å². The van der Waals surface area contributed by atoms with Gasteiger partial charge in [0, 0.05) is 10.8 Å². The Kier molecular flexibility index (Phi) is 5.60. The molecular formula is C31H27N3. The normalized spacial score (nSPS) is 12.5. The molecule has 0 amide bonds. The predicted octanol–water partition coefficient (Wildman–Crippen LogP) is 7.67. The highest BCUT2D eigenvalue weighted by molar-refractivity contribution is 6.17. The quantitative estimate of drug-likeness (QED) is 0.170. The lowest BCUT2D eigenvalue weighted by molar-refractivity contribution is 1.19. The summed E-state index contributed by atoms with van der Waals surface area (Å²) in [5.41, 5.74) is 12.3. The summed E-state index contributed by atoms with van der Waals surface area (Å²) >= 11 is 0. The molecule has 166 valence electrons. The Labute approximate surface area is 199 Å². The fourth-order valence-electron chi connectivity index (χ4n) is 4.50. The average molecular weight is 442 g/mol. The van der Waals surface area contributed by atoms with Crippen LogP contribution < -0.4 is 5.73 Å². The van der Waals surface area contributed by atoms with Gasteiger partial charge in [-0.15, -0.1) is 0 Å². The number of hydrogen-bond acceptors (Lipinski definition) is 1. The summed E-state index contributed by atoms with van der Waals surface area (Å²) in [7, 11) is 0. The zero-order valence-corrected chi connectivity index (χ0v) is 19.3. The van der Waals surface area contributed by atoms with Gasteiger partial charge in [0.1, 0.15) is 0 Å². The SMILES string of the molecule is C=C(/C=C(\CC)c1ccccc1)C(=C)/N=C(\N)n1c2ccccc2c2cc3ccccc3cc21. The van der Waals surface area contributed by atoms with Gasteiger partial charge in [-0.3, -0.25) is 4.57 Å². The summed E-state index contributed by atoms with van der Waals surface area (Å²) in [4.78, 5) is 4.70. The van der Waals surface area contributed by atoms with Gasteiger partial charge in [-0.1, -0.05) is 92.9 Å². The Morgan fingerprint density at radius 3 is 2.21 bits per heavy atom. The zero-order chi connectivity index (χ0) is 23.7. The molecule has 0 spiro atoms. The number of nitrogens with two attached hydrogens (primary N) is 1. The second kappa shape index (κ2) is 8.87. The average Bonchev–Trinajstić information content (AvgIpc) is 3.19. The predicted molar refractivity (Wildman–Crippen MR) is 147 cm³/mol. The second-order valence-corrected chi connectivity index (χ2v) is 8.40. The molecule has 0 bridgehead atoms. The lowest BCUT2D eigenvalue weighted by Gasteiger charge is -2.10. The zero-order valence-electron chi connectivity index (χ0n) is 19.3. The van der Waals surface area contributed by atoms with Crippen molar-refractivity contribution in [3.8, 4) is 0 Å². The van der Waals surface area contributed by atoms with E-state index in [9.17, 15) is 0 Å². The van der Waals surface area contributed by atoms with Crippen molar-refractivity contribution in [3.63, 3.8) is 0 Å². The molecule has 0 aliphatic carbocycles. The van der Waals surface area contributed by atoms with Crippen molar-refractivity contribution >= 4 is 44.1 Å². The number of hydrogen-bond donors (Lipinski definition) is 1. The van der Waals surface area contributed by atoms with Crippen LogP contribution in [0.3, 0.4) is 0 Å². The molecule has 0 unspecified atom stereocenters. The highest BCUT2D eigenvalue weighted by atomic mass is 15.2. The molecule has 0 fully saturated rings. The molecule has 1 aromatic heterocycles. The van der Waals surface area contributed by atoms with E-state index in [0.29, 0.717) is 11.7 Å². The first-order valence-electron chi connectivity index (χ1n) is 11.5. The summed E-state index contributed by atoms with van der Waals surface area (Å²) in [6.45, 7) is 10.5. The number of benzene rings is 4. The van der Waals surface area contributed by atoms with Gasteiger partial charge >= 0.3 is 0 Å². The molecule has 0 atom stereocenters. The van der Waals surface area contributed by atoms with Crippen LogP contribution in [0.25, 0.3) is 38.2 Å². The molecule has 2 N–H and O–H groups in total. The first-order chi connectivity index (χ1) is 16.6. The number of aliphatic imine (C=N–C) groups is 1. The summed E-state index contributed by atoms with van der Waals surface area (Å²) in [5.74, 6) is 0.374. The highest BCUT2D eigenvalue weighted by Crippen LogP contribution is 2.32. The summed E-state index contributed by atoms with van der Waals surface area (Å²) < 4.78 is 2.01. The van der Waals surface area contributed by atoms with Gasteiger partial charge in [-0.25, -0.2) is 4.99 Å². The van der Waals surface area contributed by atoms with E-state index >= 15 is 0 Å². The minimum absolute atomic E-state index is 0.374. The van der Waals surface area contributed by atoms with Crippen LogP contribution in [-0.4, -0.2) is 10.5 Å². The van der Waals surface area contributed by atoms with Gasteiger partial charge in [-0.2, -0.15) is 0 Å². The van der Waals surface area contributed by atoms with Crippen molar-refractivity contribution < 1.29 is 0 Å². The number of rotatable bonds is 5. The van der Waals surface area contributed by atoms with E-state index in [1.807, 2.05) is 34.9 Å². The molecule has 0 saturated carbocycles. The molecule has 0 aliphatic heterocycles. The maximum atomic E-state index is 6.62. The number of para-hydroxylation sites is 1. The lowest BCUT2D eigenvalue weighted by Crippen LogP contribution is -2.22. The Balaban J connectivity index is 1.59. The van der Waals surface area contributed by atoms with Crippen LogP contribution in [0.1, 0.15) is 18.9 Å². The number of aromatic nitrogens is 1. The Bertz CT molecular complexity index is 1610. The maximum Gasteiger partial charge on any atom is 0.205 e. The Morgan fingerprint density at radius 1 is 0.824 bits per heavy atom. The first-order valence-corrected chi connectivity index (χ1v) is 11.5. The van der Waals surface area contributed by atoms with E-state index in [4.69, 9.17) is 10.7 Å². The third kappa shape index (κ3) is 3.82. The van der Waals surface area contributed by atoms with Crippen LogP contribution in [0.4, 0.5) is 0 Å². The van der Waals surface area contributed by atoms with E-state index in [0.717, 1.165) is 39.2 Å². The van der Waals surface area contributed by atoms with Gasteiger partial charge in [0.15, 0.2) is 0 Å². The number of nitrogens with zero attached hydrogens (tertiary/aromatic N) is 2. The van der Waals surface area contributed by atoms with Crippen LogP contribution in [-0.2, 0) is 0 Å². The van der Waals surface area contributed by atoms with Gasteiger partial charge in [-0.05, 0) is 58.2 Å². The topological polar surface area (TPSA) is 43.3 Å².